The molecule has 50 heavy (non-hydrogen) atoms. The molecule has 0 aromatic heterocycles. The molecule has 0 rings (SSSR count). The molecule has 0 heterocycles. The highest BCUT2D eigenvalue weighted by Gasteiger charge is 2.23. The third kappa shape index (κ3) is 35.6. The molecule has 0 spiro atoms. The summed E-state index contributed by atoms with van der Waals surface area (Å²) in [7, 11) is 1.27. The van der Waals surface area contributed by atoms with Crippen molar-refractivity contribution in [3.05, 3.63) is 12.2 Å². The molecule has 0 aromatic rings. The minimum Gasteiger partial charge on any atom is -0.756 e. The van der Waals surface area contributed by atoms with E-state index in [2.05, 4.69) is 19.2 Å². The van der Waals surface area contributed by atoms with Gasteiger partial charge in [-0.2, -0.15) is 0 Å². The molecule has 0 aromatic carbocycles. The number of quaternary nitrogens is 1. The van der Waals surface area contributed by atoms with E-state index < -0.39 is 20.0 Å². The zero-order chi connectivity index (χ0) is 37.2. The van der Waals surface area contributed by atoms with Crippen LogP contribution in [0.3, 0.4) is 0 Å². The van der Waals surface area contributed by atoms with Gasteiger partial charge >= 0.3 is 0 Å². The second-order valence-corrected chi connectivity index (χ2v) is 17.1. The Labute approximate surface area is 310 Å². The summed E-state index contributed by atoms with van der Waals surface area (Å²) in [5, 5.41) is 13.7. The minimum atomic E-state index is -4.58. The van der Waals surface area contributed by atoms with Gasteiger partial charge in [0.25, 0.3) is 7.82 Å². The van der Waals surface area contributed by atoms with Crippen molar-refractivity contribution in [2.45, 2.75) is 206 Å². The number of hydrogen-bond acceptors (Lipinski definition) is 6. The van der Waals surface area contributed by atoms with Crippen LogP contribution in [-0.4, -0.2) is 68.5 Å². The monoisotopic (exact) mass is 731 g/mol. The molecule has 0 bridgehead atoms. The fourth-order valence-electron chi connectivity index (χ4n) is 6.09. The van der Waals surface area contributed by atoms with E-state index >= 15 is 0 Å². The van der Waals surface area contributed by atoms with Crippen LogP contribution in [0.15, 0.2) is 12.2 Å². The lowest BCUT2D eigenvalue weighted by atomic mass is 10.0. The van der Waals surface area contributed by atoms with E-state index in [4.69, 9.17) is 9.05 Å². The predicted octanol–water partition coefficient (Wildman–Crippen LogP) is 10.6. The van der Waals surface area contributed by atoms with E-state index in [-0.39, 0.29) is 19.1 Å². The van der Waals surface area contributed by atoms with Crippen LogP contribution in [0.2, 0.25) is 0 Å². The van der Waals surface area contributed by atoms with Crippen molar-refractivity contribution in [3.63, 3.8) is 0 Å². The second kappa shape index (κ2) is 34.0. The van der Waals surface area contributed by atoms with Gasteiger partial charge in [-0.25, -0.2) is 0 Å². The van der Waals surface area contributed by atoms with Crippen molar-refractivity contribution < 1.29 is 32.9 Å². The van der Waals surface area contributed by atoms with Crippen LogP contribution in [0.25, 0.3) is 0 Å². The molecule has 0 fully saturated rings. The molecule has 1 amide bonds. The van der Waals surface area contributed by atoms with E-state index in [9.17, 15) is 19.4 Å². The van der Waals surface area contributed by atoms with Crippen LogP contribution in [-0.2, 0) is 18.4 Å². The summed E-state index contributed by atoms with van der Waals surface area (Å²) in [5.41, 5.74) is 0. The second-order valence-electron chi connectivity index (χ2n) is 15.7. The molecule has 0 aliphatic carbocycles. The highest BCUT2D eigenvalue weighted by molar-refractivity contribution is 7.45. The molecule has 3 unspecified atom stereocenters. The first kappa shape index (κ1) is 49.2. The quantitative estimate of drug-likeness (QED) is 0.0283. The van der Waals surface area contributed by atoms with Crippen molar-refractivity contribution in [1.29, 1.82) is 0 Å². The van der Waals surface area contributed by atoms with Crippen molar-refractivity contribution in [3.8, 4) is 0 Å². The fourth-order valence-corrected chi connectivity index (χ4v) is 6.82. The van der Waals surface area contributed by atoms with Crippen molar-refractivity contribution in [1.82, 2.24) is 5.32 Å². The number of aliphatic hydroxyl groups excluding tert-OH is 1. The standard InChI is InChI=1S/C41H83N2O6P/c1-6-8-10-12-14-16-18-20-21-22-23-25-27-29-31-33-35-41(45)42-39(38-49-50(46,47)48-37-36-43(3,4)5)40(44)34-32-30-28-26-24-19-17-15-13-11-9-7-2/h32,34,39-40,44H,6-31,33,35-38H2,1-5H3,(H-,42,45,46,47)/b34-32+. The van der Waals surface area contributed by atoms with Crippen LogP contribution in [0, 0.1) is 0 Å². The number of phosphoric acid groups is 1. The average molecular weight is 731 g/mol. The minimum absolute atomic E-state index is 0.00186. The zero-order valence-electron chi connectivity index (χ0n) is 33.6. The Bertz CT molecular complexity index is 834. The molecular formula is C41H83N2O6P. The van der Waals surface area contributed by atoms with Crippen LogP contribution in [0.1, 0.15) is 194 Å². The lowest BCUT2D eigenvalue weighted by Crippen LogP contribution is -2.45. The fraction of sp³-hybridized carbons (Fsp3) is 0.927. The Morgan fingerprint density at radius 3 is 1.50 bits per heavy atom. The average Bonchev–Trinajstić information content (AvgIpc) is 3.06. The number of allylic oxidation sites excluding steroid dienone is 1. The Morgan fingerprint density at radius 1 is 0.680 bits per heavy atom. The maximum absolute atomic E-state index is 12.8. The molecule has 0 saturated carbocycles. The molecule has 2 N–H and O–H groups in total. The number of unbranched alkanes of at least 4 members (excludes halogenated alkanes) is 25. The van der Waals surface area contributed by atoms with Crippen LogP contribution in [0.4, 0.5) is 0 Å². The van der Waals surface area contributed by atoms with E-state index in [1.54, 1.807) is 6.08 Å². The lowest BCUT2D eigenvalue weighted by molar-refractivity contribution is -0.870. The normalized spacial score (nSPS) is 14.6. The molecule has 298 valence electrons. The van der Waals surface area contributed by atoms with Crippen molar-refractivity contribution in [2.24, 2.45) is 0 Å². The van der Waals surface area contributed by atoms with Gasteiger partial charge in [-0.05, 0) is 19.3 Å². The summed E-state index contributed by atoms with van der Waals surface area (Å²) < 4.78 is 23.1. The Kier molecular flexibility index (Phi) is 33.5. The number of aliphatic hydroxyl groups is 1. The summed E-state index contributed by atoms with van der Waals surface area (Å²) in [5.74, 6) is -0.196. The van der Waals surface area contributed by atoms with E-state index in [1.807, 2.05) is 27.2 Å². The number of carbonyl (C=O) groups excluding carboxylic acids is 1. The van der Waals surface area contributed by atoms with E-state index in [0.717, 1.165) is 38.5 Å². The lowest BCUT2D eigenvalue weighted by Gasteiger charge is -2.29. The Morgan fingerprint density at radius 2 is 1.08 bits per heavy atom. The summed E-state index contributed by atoms with van der Waals surface area (Å²) >= 11 is 0. The maximum Gasteiger partial charge on any atom is 0.268 e. The molecule has 8 nitrogen and oxygen atoms in total. The zero-order valence-corrected chi connectivity index (χ0v) is 34.5. The highest BCUT2D eigenvalue weighted by Crippen LogP contribution is 2.38. The molecule has 9 heteroatoms. The molecule has 3 atom stereocenters. The van der Waals surface area contributed by atoms with Gasteiger partial charge in [-0.1, -0.05) is 180 Å². The summed E-state index contributed by atoms with van der Waals surface area (Å²) in [6, 6.07) is -0.878. The number of hydrogen-bond donors (Lipinski definition) is 2. The molecule has 0 saturated heterocycles. The summed E-state index contributed by atoms with van der Waals surface area (Å²) in [6.07, 6.45) is 36.7. The van der Waals surface area contributed by atoms with Gasteiger partial charge in [-0.15, -0.1) is 0 Å². The first-order chi connectivity index (χ1) is 24.0. The van der Waals surface area contributed by atoms with Crippen LogP contribution < -0.4 is 10.2 Å². The number of phosphoric ester groups is 1. The maximum atomic E-state index is 12.8. The first-order valence-electron chi connectivity index (χ1n) is 21.1. The van der Waals surface area contributed by atoms with Gasteiger partial charge in [0.2, 0.25) is 5.91 Å². The van der Waals surface area contributed by atoms with Gasteiger partial charge in [0.05, 0.1) is 39.9 Å². The van der Waals surface area contributed by atoms with Crippen LogP contribution >= 0.6 is 7.82 Å². The number of likely N-dealkylation sites (N-methyl/N-ethyl adjacent to an activating group) is 1. The molecule has 0 aliphatic heterocycles. The third-order valence-electron chi connectivity index (χ3n) is 9.50. The number of amides is 1. The summed E-state index contributed by atoms with van der Waals surface area (Å²) in [4.78, 5) is 25.2. The van der Waals surface area contributed by atoms with Crippen molar-refractivity contribution in [2.75, 3.05) is 40.9 Å². The number of nitrogens with one attached hydrogen (secondary N) is 1. The number of rotatable bonds is 38. The van der Waals surface area contributed by atoms with Crippen molar-refractivity contribution >= 4 is 13.7 Å². The Balaban J connectivity index is 4.42. The van der Waals surface area contributed by atoms with Gasteiger partial charge in [-0.3, -0.25) is 9.36 Å². The Hall–Kier alpha value is -0.760. The molecule has 0 aliphatic rings. The van der Waals surface area contributed by atoms with Crippen LogP contribution in [0.5, 0.6) is 0 Å². The van der Waals surface area contributed by atoms with Gasteiger partial charge < -0.3 is 28.8 Å². The summed E-state index contributed by atoms with van der Waals surface area (Å²) in [6.45, 7) is 4.64. The largest absolute Gasteiger partial charge is 0.756 e. The van der Waals surface area contributed by atoms with E-state index in [0.29, 0.717) is 17.4 Å². The third-order valence-corrected chi connectivity index (χ3v) is 10.5. The molecular weight excluding hydrogens is 647 g/mol. The van der Waals surface area contributed by atoms with Gasteiger partial charge in [0, 0.05) is 6.42 Å². The smallest absolute Gasteiger partial charge is 0.268 e. The predicted molar refractivity (Wildman–Crippen MR) is 210 cm³/mol. The number of nitrogens with zero attached hydrogens (tertiary/aromatic N) is 1. The van der Waals surface area contributed by atoms with Gasteiger partial charge in [0.1, 0.15) is 13.2 Å². The highest BCUT2D eigenvalue weighted by atomic mass is 31.2. The molecule has 0 radical (unpaired) electrons. The SMILES string of the molecule is CCCCCCCCCCCC/C=C/C(O)C(COP(=O)([O-])OCC[N+](C)(C)C)NC(=O)CCCCCCCCCCCCCCCCCC. The van der Waals surface area contributed by atoms with Gasteiger partial charge in [0.15, 0.2) is 0 Å². The van der Waals surface area contributed by atoms with E-state index in [1.165, 1.54) is 135 Å². The number of carbonyl (C=O) groups is 1. The topological polar surface area (TPSA) is 108 Å². The first-order valence-corrected chi connectivity index (χ1v) is 22.5.